The van der Waals surface area contributed by atoms with Crippen LogP contribution in [-0.2, 0) is 37.0 Å². The van der Waals surface area contributed by atoms with Gasteiger partial charge in [0.25, 0.3) is 0 Å². The zero-order valence-corrected chi connectivity index (χ0v) is 28.5. The van der Waals surface area contributed by atoms with Gasteiger partial charge in [0.15, 0.2) is 23.0 Å². The molecule has 4 aromatic carbocycles. The molecule has 3 aliphatic rings. The fraction of sp³-hybridized carbons (Fsp3) is 0.263. The van der Waals surface area contributed by atoms with Gasteiger partial charge in [-0.05, 0) is 52.1 Å². The third-order valence-electron chi connectivity index (χ3n) is 9.02. The first-order valence-electron chi connectivity index (χ1n) is 16.3. The number of carbonyl (C=O) groups is 4. The Kier molecular flexibility index (Phi) is 10.0. The van der Waals surface area contributed by atoms with Gasteiger partial charge in [-0.1, -0.05) is 60.7 Å². The molecule has 0 radical (unpaired) electrons. The van der Waals surface area contributed by atoms with Gasteiger partial charge in [0.1, 0.15) is 19.1 Å². The fourth-order valence-electron chi connectivity index (χ4n) is 6.73. The lowest BCUT2D eigenvalue weighted by Crippen LogP contribution is -2.43. The number of fused-ring (bicyclic) bond motifs is 3. The van der Waals surface area contributed by atoms with Crippen LogP contribution in [-0.4, -0.2) is 50.6 Å². The van der Waals surface area contributed by atoms with Crippen molar-refractivity contribution < 1.29 is 57.1 Å². The van der Waals surface area contributed by atoms with Crippen molar-refractivity contribution in [3.63, 3.8) is 0 Å². The Morgan fingerprint density at radius 1 is 0.788 bits per heavy atom. The summed E-state index contributed by atoms with van der Waals surface area (Å²) < 4.78 is 44.6. The minimum Gasteiger partial charge on any atom is -0.493 e. The highest BCUT2D eigenvalue weighted by molar-refractivity contribution is 6.27. The summed E-state index contributed by atoms with van der Waals surface area (Å²) in [6.45, 7) is -0.182. The standard InChI is InChI=1S/C38H32ClNO12/c1-45-29-12-23(32-24-14-27-28(50-20-49-27)15-25(24)34(40-31(41)16-39)26-19-46-36(42)33(26)32)13-30(51-37(43)47-17-21-8-4-2-5-9-21)35(29)52-38(44)48-18-22-10-6-3-7-11-22/h2-15,26,32-34H,16-20H2,1H3,(H,40,41). The van der Waals surface area contributed by atoms with Crippen molar-refractivity contribution in [1.82, 2.24) is 5.32 Å². The first-order chi connectivity index (χ1) is 25.3. The Hall–Kier alpha value is -5.95. The highest BCUT2D eigenvalue weighted by atomic mass is 35.5. The average molecular weight is 730 g/mol. The van der Waals surface area contributed by atoms with Crippen molar-refractivity contribution >= 4 is 35.8 Å². The number of amides is 1. The molecule has 4 unspecified atom stereocenters. The summed E-state index contributed by atoms with van der Waals surface area (Å²) in [6, 6.07) is 23.9. The molecule has 2 heterocycles. The number of methoxy groups -OCH3 is 1. The molecule has 1 saturated heterocycles. The Balaban J connectivity index is 1.29. The molecule has 13 nitrogen and oxygen atoms in total. The molecule has 0 saturated carbocycles. The van der Waals surface area contributed by atoms with E-state index in [-0.39, 0.29) is 49.7 Å². The van der Waals surface area contributed by atoms with E-state index in [0.717, 1.165) is 5.56 Å². The summed E-state index contributed by atoms with van der Waals surface area (Å²) in [5, 5.41) is 2.94. The predicted octanol–water partition coefficient (Wildman–Crippen LogP) is 6.19. The minimum absolute atomic E-state index is 0.0113. The van der Waals surface area contributed by atoms with Crippen LogP contribution in [0.5, 0.6) is 28.7 Å². The van der Waals surface area contributed by atoms with E-state index in [1.54, 1.807) is 66.7 Å². The van der Waals surface area contributed by atoms with Crippen molar-refractivity contribution in [2.45, 2.75) is 25.2 Å². The maximum absolute atomic E-state index is 13.5. The van der Waals surface area contributed by atoms with Crippen LogP contribution in [0.15, 0.2) is 84.9 Å². The van der Waals surface area contributed by atoms with Crippen molar-refractivity contribution in [1.29, 1.82) is 0 Å². The molecule has 0 bridgehead atoms. The van der Waals surface area contributed by atoms with Crippen molar-refractivity contribution in [3.05, 3.63) is 113 Å². The Morgan fingerprint density at radius 3 is 2.00 bits per heavy atom. The summed E-state index contributed by atoms with van der Waals surface area (Å²) in [7, 11) is 1.34. The van der Waals surface area contributed by atoms with E-state index in [4.69, 9.17) is 49.5 Å². The number of nitrogens with one attached hydrogen (secondary N) is 1. The van der Waals surface area contributed by atoms with Gasteiger partial charge in [-0.15, -0.1) is 11.6 Å². The van der Waals surface area contributed by atoms with Gasteiger partial charge in [0.2, 0.25) is 18.4 Å². The molecular weight excluding hydrogens is 698 g/mol. The predicted molar refractivity (Wildman–Crippen MR) is 181 cm³/mol. The topological polar surface area (TPSA) is 154 Å². The molecule has 7 rings (SSSR count). The third kappa shape index (κ3) is 7.12. The second-order valence-corrected chi connectivity index (χ2v) is 12.4. The number of alkyl halides is 1. The number of carbonyl (C=O) groups excluding carboxylic acids is 4. The van der Waals surface area contributed by atoms with Crippen LogP contribution >= 0.6 is 11.6 Å². The van der Waals surface area contributed by atoms with Crippen molar-refractivity contribution in [3.8, 4) is 28.7 Å². The maximum atomic E-state index is 13.5. The third-order valence-corrected chi connectivity index (χ3v) is 9.27. The summed E-state index contributed by atoms with van der Waals surface area (Å²) in [4.78, 5) is 52.3. The summed E-state index contributed by atoms with van der Waals surface area (Å²) in [6.07, 6.45) is -2.19. The second kappa shape index (κ2) is 15.1. The molecule has 1 fully saturated rings. The van der Waals surface area contributed by atoms with E-state index in [1.165, 1.54) is 13.2 Å². The molecule has 4 aromatic rings. The molecular formula is C38H32ClNO12. The number of hydrogen-bond donors (Lipinski definition) is 1. The molecule has 268 valence electrons. The molecule has 2 aliphatic heterocycles. The van der Waals surface area contributed by atoms with E-state index in [2.05, 4.69) is 5.32 Å². The van der Waals surface area contributed by atoms with Crippen LogP contribution in [0.25, 0.3) is 0 Å². The molecule has 14 heteroatoms. The summed E-state index contributed by atoms with van der Waals surface area (Å²) in [5.74, 6) is -2.93. The fourth-order valence-corrected chi connectivity index (χ4v) is 6.81. The van der Waals surface area contributed by atoms with Crippen LogP contribution < -0.4 is 29.0 Å². The largest absolute Gasteiger partial charge is 0.514 e. The summed E-state index contributed by atoms with van der Waals surface area (Å²) in [5.41, 5.74) is 3.13. The zero-order chi connectivity index (χ0) is 36.2. The molecule has 52 heavy (non-hydrogen) atoms. The zero-order valence-electron chi connectivity index (χ0n) is 27.7. The van der Waals surface area contributed by atoms with Gasteiger partial charge in [-0.2, -0.15) is 0 Å². The monoisotopic (exact) mass is 729 g/mol. The van der Waals surface area contributed by atoms with Crippen LogP contribution in [0.3, 0.4) is 0 Å². The lowest BCUT2D eigenvalue weighted by Gasteiger charge is -2.39. The Morgan fingerprint density at radius 2 is 1.38 bits per heavy atom. The van der Waals surface area contributed by atoms with Crippen LogP contribution in [0, 0.1) is 11.8 Å². The first-order valence-corrected chi connectivity index (χ1v) is 16.8. The minimum atomic E-state index is -1.10. The quantitative estimate of drug-likeness (QED) is 0.0857. The van der Waals surface area contributed by atoms with Gasteiger partial charge in [0.05, 0.1) is 25.7 Å². The number of ether oxygens (including phenoxy) is 8. The van der Waals surface area contributed by atoms with Gasteiger partial charge < -0.3 is 43.2 Å². The first kappa shape index (κ1) is 34.5. The van der Waals surface area contributed by atoms with Crippen LogP contribution in [0.4, 0.5) is 9.59 Å². The highest BCUT2D eigenvalue weighted by Gasteiger charge is 2.53. The molecule has 0 spiro atoms. The second-order valence-electron chi connectivity index (χ2n) is 12.1. The van der Waals surface area contributed by atoms with Gasteiger partial charge in [0, 0.05) is 11.8 Å². The van der Waals surface area contributed by atoms with E-state index in [1.807, 2.05) is 12.1 Å². The van der Waals surface area contributed by atoms with E-state index in [0.29, 0.717) is 33.8 Å². The van der Waals surface area contributed by atoms with E-state index in [9.17, 15) is 19.2 Å². The van der Waals surface area contributed by atoms with Crippen molar-refractivity contribution in [2.24, 2.45) is 11.8 Å². The van der Waals surface area contributed by atoms with Crippen LogP contribution in [0.1, 0.15) is 39.8 Å². The number of cyclic esters (lactones) is 1. The van der Waals surface area contributed by atoms with Gasteiger partial charge in [-0.3, -0.25) is 9.59 Å². The van der Waals surface area contributed by atoms with Gasteiger partial charge >= 0.3 is 18.3 Å². The summed E-state index contributed by atoms with van der Waals surface area (Å²) >= 11 is 5.87. The number of halogens is 1. The van der Waals surface area contributed by atoms with Crippen LogP contribution in [0.2, 0.25) is 0 Å². The maximum Gasteiger partial charge on any atom is 0.514 e. The lowest BCUT2D eigenvalue weighted by molar-refractivity contribution is -0.141. The Bertz CT molecular complexity index is 1990. The molecule has 4 atom stereocenters. The lowest BCUT2D eigenvalue weighted by atomic mass is 9.65. The molecule has 1 N–H and O–H groups in total. The number of benzene rings is 4. The molecule has 0 aromatic heterocycles. The van der Waals surface area contributed by atoms with E-state index < -0.39 is 48.0 Å². The van der Waals surface area contributed by atoms with E-state index >= 15 is 0 Å². The molecule has 1 aliphatic carbocycles. The normalized spacial score (nSPS) is 19.4. The van der Waals surface area contributed by atoms with Gasteiger partial charge in [-0.25, -0.2) is 9.59 Å². The number of esters is 1. The number of hydrogen-bond acceptors (Lipinski definition) is 12. The SMILES string of the molecule is COc1cc(C2c3cc4c(cc3C(NC(=O)CCl)C3COC(=O)C23)OCO4)cc(OC(=O)OCc2ccccc2)c1OC(=O)OCc1ccccc1. The highest BCUT2D eigenvalue weighted by Crippen LogP contribution is 2.55. The van der Waals surface area contributed by atoms with Crippen molar-refractivity contribution in [2.75, 3.05) is 26.4 Å². The smallest absolute Gasteiger partial charge is 0.493 e. The average Bonchev–Trinajstić information content (AvgIpc) is 3.79. The molecule has 1 amide bonds. The Labute approximate surface area is 302 Å². The number of rotatable bonds is 10.